The van der Waals surface area contributed by atoms with E-state index < -0.39 is 0 Å². The number of hydrogen-bond donors (Lipinski definition) is 0. The predicted molar refractivity (Wildman–Crippen MR) is 68.7 cm³/mol. The van der Waals surface area contributed by atoms with E-state index in [9.17, 15) is 4.79 Å². The fourth-order valence-electron chi connectivity index (χ4n) is 1.92. The van der Waals surface area contributed by atoms with Gasteiger partial charge in [-0.1, -0.05) is 32.6 Å². The first kappa shape index (κ1) is 13.8. The third-order valence-corrected chi connectivity index (χ3v) is 2.99. The van der Waals surface area contributed by atoms with E-state index in [0.29, 0.717) is 5.75 Å². The highest BCUT2D eigenvalue weighted by Gasteiger charge is 2.08. The lowest BCUT2D eigenvalue weighted by molar-refractivity contribution is 0.384. The maximum absolute atomic E-state index is 11.3. The Morgan fingerprint density at radius 1 is 1.24 bits per heavy atom. The largest absolute Gasteiger partial charge is 0.496 e. The normalized spacial score (nSPS) is 10.5. The Bertz CT molecular complexity index is 393. The monoisotopic (exact) mass is 238 g/mol. The van der Waals surface area contributed by atoms with Crippen LogP contribution < -0.4 is 10.4 Å². The molecule has 3 heteroatoms. The Labute approximate surface area is 103 Å². The average Bonchev–Trinajstić information content (AvgIpc) is 2.32. The van der Waals surface area contributed by atoms with Gasteiger partial charge in [-0.05, 0) is 13.3 Å². The second-order valence-electron chi connectivity index (χ2n) is 4.35. The van der Waals surface area contributed by atoms with Crippen LogP contribution in [-0.2, 0) is 6.42 Å². The van der Waals surface area contributed by atoms with Crippen LogP contribution in [0.4, 0.5) is 0 Å². The molecule has 1 aromatic heterocycles. The summed E-state index contributed by atoms with van der Waals surface area (Å²) in [4.78, 5) is 11.3. The number of rotatable bonds is 7. The molecule has 0 bridgehead atoms. The third-order valence-electron chi connectivity index (χ3n) is 2.99. The van der Waals surface area contributed by atoms with Crippen LogP contribution in [0.2, 0.25) is 0 Å². The highest BCUT2D eigenvalue weighted by atomic mass is 16.5. The first-order chi connectivity index (χ1) is 8.19. The average molecular weight is 238 g/mol. The van der Waals surface area contributed by atoms with Gasteiger partial charge in [-0.15, -0.1) is 0 Å². The Kier molecular flexibility index (Phi) is 5.81. The van der Waals surface area contributed by atoms with E-state index in [0.717, 1.165) is 24.2 Å². The molecule has 0 aliphatic heterocycles. The molecule has 0 fully saturated rings. The van der Waals surface area contributed by atoms with Crippen molar-refractivity contribution in [1.29, 1.82) is 0 Å². The van der Waals surface area contributed by atoms with Crippen molar-refractivity contribution in [3.63, 3.8) is 0 Å². The number of hydrogen-bond acceptors (Lipinski definition) is 3. The number of ether oxygens (including phenoxy) is 1. The summed E-state index contributed by atoms with van der Waals surface area (Å²) in [5.74, 6) is 1.40. The molecule has 0 aromatic carbocycles. The van der Waals surface area contributed by atoms with Gasteiger partial charge in [0.25, 0.3) is 0 Å². The fraction of sp³-hybridized carbons (Fsp3) is 0.643. The van der Waals surface area contributed by atoms with Gasteiger partial charge in [-0.3, -0.25) is 0 Å². The molecule has 3 nitrogen and oxygen atoms in total. The Morgan fingerprint density at radius 3 is 2.59 bits per heavy atom. The van der Waals surface area contributed by atoms with E-state index in [1.54, 1.807) is 7.11 Å². The SMILES string of the molecule is CCCCCCCc1oc(=O)cc(OC)c1C. The van der Waals surface area contributed by atoms with Crippen molar-refractivity contribution in [3.8, 4) is 5.75 Å². The summed E-state index contributed by atoms with van der Waals surface area (Å²) in [6, 6.07) is 1.40. The van der Waals surface area contributed by atoms with Crippen LogP contribution in [0.1, 0.15) is 50.4 Å². The van der Waals surface area contributed by atoms with E-state index in [1.807, 2.05) is 6.92 Å². The topological polar surface area (TPSA) is 39.4 Å². The summed E-state index contributed by atoms with van der Waals surface area (Å²) in [5.41, 5.74) is 0.624. The van der Waals surface area contributed by atoms with E-state index in [4.69, 9.17) is 9.15 Å². The molecular weight excluding hydrogens is 216 g/mol. The first-order valence-electron chi connectivity index (χ1n) is 6.36. The number of methoxy groups -OCH3 is 1. The summed E-state index contributed by atoms with van der Waals surface area (Å²) >= 11 is 0. The molecule has 0 aliphatic carbocycles. The van der Waals surface area contributed by atoms with Gasteiger partial charge < -0.3 is 9.15 Å². The molecule has 0 spiro atoms. The smallest absolute Gasteiger partial charge is 0.339 e. The maximum atomic E-state index is 11.3. The molecule has 96 valence electrons. The van der Waals surface area contributed by atoms with Gasteiger partial charge in [-0.2, -0.15) is 0 Å². The van der Waals surface area contributed by atoms with Crippen molar-refractivity contribution in [3.05, 3.63) is 27.8 Å². The summed E-state index contributed by atoms with van der Waals surface area (Å²) in [6.07, 6.45) is 6.85. The van der Waals surface area contributed by atoms with Crippen LogP contribution in [-0.4, -0.2) is 7.11 Å². The van der Waals surface area contributed by atoms with Crippen LogP contribution >= 0.6 is 0 Å². The molecule has 0 atom stereocenters. The second kappa shape index (κ2) is 7.15. The molecule has 0 saturated heterocycles. The molecule has 1 heterocycles. The van der Waals surface area contributed by atoms with Gasteiger partial charge in [-0.25, -0.2) is 4.79 Å². The van der Waals surface area contributed by atoms with Gasteiger partial charge in [0.2, 0.25) is 0 Å². The summed E-state index contributed by atoms with van der Waals surface area (Å²) in [7, 11) is 1.58. The molecule has 0 radical (unpaired) electrons. The van der Waals surface area contributed by atoms with Crippen molar-refractivity contribution in [1.82, 2.24) is 0 Å². The molecule has 1 rings (SSSR count). The molecule has 0 saturated carbocycles. The van der Waals surface area contributed by atoms with Crippen LogP contribution in [0, 0.1) is 6.92 Å². The molecule has 17 heavy (non-hydrogen) atoms. The molecule has 0 N–H and O–H groups in total. The van der Waals surface area contributed by atoms with Crippen molar-refractivity contribution in [2.75, 3.05) is 7.11 Å². The highest BCUT2D eigenvalue weighted by molar-refractivity contribution is 5.32. The lowest BCUT2D eigenvalue weighted by Gasteiger charge is -2.08. The first-order valence-corrected chi connectivity index (χ1v) is 6.36. The zero-order valence-corrected chi connectivity index (χ0v) is 11.0. The Balaban J connectivity index is 2.58. The minimum Gasteiger partial charge on any atom is -0.496 e. The van der Waals surface area contributed by atoms with E-state index in [2.05, 4.69) is 6.92 Å². The maximum Gasteiger partial charge on any atom is 0.339 e. The Morgan fingerprint density at radius 2 is 1.94 bits per heavy atom. The van der Waals surface area contributed by atoms with Crippen molar-refractivity contribution < 1.29 is 9.15 Å². The standard InChI is InChI=1S/C14H22O3/c1-4-5-6-7-8-9-12-11(2)13(16-3)10-14(15)17-12/h10H,4-9H2,1-3H3. The summed E-state index contributed by atoms with van der Waals surface area (Å²) < 4.78 is 10.4. The van der Waals surface area contributed by atoms with Crippen LogP contribution in [0.15, 0.2) is 15.3 Å². The highest BCUT2D eigenvalue weighted by Crippen LogP contribution is 2.20. The van der Waals surface area contributed by atoms with Crippen LogP contribution in [0.3, 0.4) is 0 Å². The predicted octanol–water partition coefficient (Wildman–Crippen LogP) is 3.47. The van der Waals surface area contributed by atoms with Crippen molar-refractivity contribution in [2.45, 2.75) is 52.4 Å². The number of aryl methyl sites for hydroxylation is 1. The Hall–Kier alpha value is -1.25. The zero-order chi connectivity index (χ0) is 12.7. The van der Waals surface area contributed by atoms with Gasteiger partial charge in [0.15, 0.2) is 0 Å². The van der Waals surface area contributed by atoms with Gasteiger partial charge >= 0.3 is 5.63 Å². The zero-order valence-electron chi connectivity index (χ0n) is 11.0. The van der Waals surface area contributed by atoms with E-state index >= 15 is 0 Å². The summed E-state index contributed by atoms with van der Waals surface area (Å²) in [5, 5.41) is 0. The minimum atomic E-state index is -0.323. The fourth-order valence-corrected chi connectivity index (χ4v) is 1.92. The van der Waals surface area contributed by atoms with Gasteiger partial charge in [0.1, 0.15) is 11.5 Å². The van der Waals surface area contributed by atoms with Gasteiger partial charge in [0.05, 0.1) is 13.2 Å². The molecule has 0 aliphatic rings. The molecule has 0 amide bonds. The summed E-state index contributed by atoms with van der Waals surface area (Å²) in [6.45, 7) is 4.13. The number of unbranched alkanes of at least 4 members (excludes halogenated alkanes) is 4. The van der Waals surface area contributed by atoms with Crippen LogP contribution in [0.25, 0.3) is 0 Å². The minimum absolute atomic E-state index is 0.323. The van der Waals surface area contributed by atoms with Crippen molar-refractivity contribution >= 4 is 0 Å². The van der Waals surface area contributed by atoms with Gasteiger partial charge in [0, 0.05) is 12.0 Å². The lowest BCUT2D eigenvalue weighted by atomic mass is 10.1. The molecule has 1 aromatic rings. The van der Waals surface area contributed by atoms with Crippen LogP contribution in [0.5, 0.6) is 5.75 Å². The molecule has 0 unspecified atom stereocenters. The lowest BCUT2D eigenvalue weighted by Crippen LogP contribution is -2.04. The van der Waals surface area contributed by atoms with E-state index in [1.165, 1.54) is 31.7 Å². The van der Waals surface area contributed by atoms with Crippen molar-refractivity contribution in [2.24, 2.45) is 0 Å². The quantitative estimate of drug-likeness (QED) is 0.683. The third kappa shape index (κ3) is 4.25. The molecular formula is C14H22O3. The second-order valence-corrected chi connectivity index (χ2v) is 4.35. The van der Waals surface area contributed by atoms with E-state index in [-0.39, 0.29) is 5.63 Å².